The molecule has 0 spiro atoms. The predicted molar refractivity (Wildman–Crippen MR) is 226 cm³/mol. The van der Waals surface area contributed by atoms with Gasteiger partial charge in [-0.1, -0.05) is 151 Å². The van der Waals surface area contributed by atoms with Crippen LogP contribution in [0.1, 0.15) is 45.5 Å². The van der Waals surface area contributed by atoms with Gasteiger partial charge in [0.05, 0.1) is 23.4 Å². The van der Waals surface area contributed by atoms with Crippen molar-refractivity contribution in [3.63, 3.8) is 0 Å². The molecule has 0 aliphatic carbocycles. The second-order valence-electron chi connectivity index (χ2n) is 14.5. The zero-order chi connectivity index (χ0) is 39.2. The molecular weight excluding hydrogens is 730 g/mol. The molecule has 286 valence electrons. The van der Waals surface area contributed by atoms with Crippen LogP contribution in [-0.4, -0.2) is 57.8 Å². The number of carbonyl (C=O) groups is 1. The Labute approximate surface area is 338 Å². The molecule has 10 heteroatoms. The number of hydrogen-bond donors (Lipinski definition) is 2. The first-order valence-corrected chi connectivity index (χ1v) is 19.6. The summed E-state index contributed by atoms with van der Waals surface area (Å²) in [6.45, 7) is 3.37. The number of nitrogen functional groups attached to an aromatic ring is 1. The summed E-state index contributed by atoms with van der Waals surface area (Å²) < 4.78 is 5.36. The molecule has 6 aromatic carbocycles. The highest BCUT2D eigenvalue weighted by Crippen LogP contribution is 2.40. The van der Waals surface area contributed by atoms with Gasteiger partial charge in [0, 0.05) is 24.7 Å². The van der Waals surface area contributed by atoms with Crippen molar-refractivity contribution in [3.8, 4) is 28.3 Å². The van der Waals surface area contributed by atoms with Gasteiger partial charge in [0.15, 0.2) is 5.54 Å². The number of aromatic nitrogens is 4. The molecule has 0 atom stereocenters. The highest BCUT2D eigenvalue weighted by atomic mass is 35.5. The molecule has 0 bridgehead atoms. The summed E-state index contributed by atoms with van der Waals surface area (Å²) in [6.07, 6.45) is 2.00. The summed E-state index contributed by atoms with van der Waals surface area (Å²) in [5.74, 6) is 1.15. The van der Waals surface area contributed by atoms with Crippen molar-refractivity contribution in [1.82, 2.24) is 30.4 Å². The lowest BCUT2D eigenvalue weighted by Crippen LogP contribution is -2.39. The number of hydrogen-bond acceptors (Lipinski definition) is 7. The minimum Gasteiger partial charge on any atom is -0.496 e. The number of piperidine rings is 1. The van der Waals surface area contributed by atoms with Gasteiger partial charge in [-0.2, -0.15) is 0 Å². The van der Waals surface area contributed by atoms with Gasteiger partial charge in [0.25, 0.3) is 5.91 Å². The minimum absolute atomic E-state index is 0.210. The van der Waals surface area contributed by atoms with Crippen LogP contribution in [-0.2, 0) is 12.1 Å². The van der Waals surface area contributed by atoms with Crippen molar-refractivity contribution in [2.24, 2.45) is 5.92 Å². The van der Waals surface area contributed by atoms with Gasteiger partial charge in [0.2, 0.25) is 5.82 Å². The molecule has 9 nitrogen and oxygen atoms in total. The molecule has 57 heavy (non-hydrogen) atoms. The Balaban J connectivity index is 0.972. The number of rotatable bonds is 12. The highest BCUT2D eigenvalue weighted by Gasteiger charge is 2.41. The smallest absolute Gasteiger partial charge is 0.255 e. The first-order chi connectivity index (χ1) is 27.9. The lowest BCUT2D eigenvalue weighted by molar-refractivity contribution is 0.0932. The Hall–Kier alpha value is -6.29. The van der Waals surface area contributed by atoms with E-state index in [2.05, 4.69) is 119 Å². The number of ether oxygens (including phenoxy) is 1. The summed E-state index contributed by atoms with van der Waals surface area (Å²) in [5.41, 5.74) is 13.2. The van der Waals surface area contributed by atoms with Gasteiger partial charge in [-0.05, 0) is 76.5 Å². The maximum Gasteiger partial charge on any atom is 0.255 e. The van der Waals surface area contributed by atoms with Crippen molar-refractivity contribution in [1.29, 1.82) is 0 Å². The minimum atomic E-state index is -0.853. The first-order valence-electron chi connectivity index (χ1n) is 19.2. The number of carbonyl (C=O) groups excluding carboxylic acids is 1. The number of anilines is 1. The third-order valence-electron chi connectivity index (χ3n) is 10.9. The van der Waals surface area contributed by atoms with E-state index in [9.17, 15) is 4.79 Å². The van der Waals surface area contributed by atoms with Crippen molar-refractivity contribution in [2.45, 2.75) is 24.9 Å². The average Bonchev–Trinajstić information content (AvgIpc) is 3.76. The normalized spacial score (nSPS) is 13.6. The summed E-state index contributed by atoms with van der Waals surface area (Å²) in [4.78, 5) is 17.2. The van der Waals surface area contributed by atoms with E-state index in [1.54, 1.807) is 16.9 Å². The lowest BCUT2D eigenvalue weighted by atomic mass is 9.77. The SMILES string of the molecule is COc1cc(N)c(Cl)cc1C(=O)NCC1CCN(Cc2ccc(-c3ccccc3-c3nnn(C(c4ccccc4)(c4ccccc4)c4ccccc4)n3)cc2)CC1. The largest absolute Gasteiger partial charge is 0.496 e. The molecule has 1 aromatic heterocycles. The number of nitrogens with one attached hydrogen (secondary N) is 1. The van der Waals surface area contributed by atoms with Gasteiger partial charge >= 0.3 is 0 Å². The van der Waals surface area contributed by atoms with Crippen molar-refractivity contribution < 1.29 is 9.53 Å². The van der Waals surface area contributed by atoms with Crippen molar-refractivity contribution >= 4 is 23.2 Å². The van der Waals surface area contributed by atoms with E-state index in [1.165, 1.54) is 12.7 Å². The maximum atomic E-state index is 13.0. The second-order valence-corrected chi connectivity index (χ2v) is 14.9. The summed E-state index contributed by atoms with van der Waals surface area (Å²) >= 11 is 6.18. The number of benzene rings is 6. The Morgan fingerprint density at radius 1 is 0.789 bits per heavy atom. The van der Waals surface area contributed by atoms with Gasteiger partial charge in [-0.15, -0.1) is 15.0 Å². The molecule has 0 radical (unpaired) electrons. The summed E-state index contributed by atoms with van der Waals surface area (Å²) in [6, 6.07) is 51.3. The van der Waals surface area contributed by atoms with E-state index in [0.717, 1.165) is 65.9 Å². The Morgan fingerprint density at radius 2 is 1.35 bits per heavy atom. The monoisotopic (exact) mass is 773 g/mol. The number of nitrogens with zero attached hydrogens (tertiary/aromatic N) is 5. The molecule has 1 saturated heterocycles. The maximum absolute atomic E-state index is 13.0. The number of nitrogens with two attached hydrogens (primary N) is 1. The van der Waals surface area contributed by atoms with Crippen LogP contribution in [0.15, 0.2) is 152 Å². The zero-order valence-corrected chi connectivity index (χ0v) is 32.5. The second kappa shape index (κ2) is 16.8. The molecule has 7 aromatic rings. The number of methoxy groups -OCH3 is 1. The van der Waals surface area contributed by atoms with Crippen LogP contribution in [0.3, 0.4) is 0 Å². The van der Waals surface area contributed by atoms with Gasteiger partial charge in [0.1, 0.15) is 5.75 Å². The fourth-order valence-corrected chi connectivity index (χ4v) is 8.09. The van der Waals surface area contributed by atoms with Crippen LogP contribution in [0.4, 0.5) is 5.69 Å². The molecule has 1 aliphatic heterocycles. The third kappa shape index (κ3) is 7.77. The lowest BCUT2D eigenvalue weighted by Gasteiger charge is -2.34. The van der Waals surface area contributed by atoms with Gasteiger partial charge in [-0.25, -0.2) is 0 Å². The van der Waals surface area contributed by atoms with E-state index < -0.39 is 5.54 Å². The average molecular weight is 774 g/mol. The molecule has 8 rings (SSSR count). The van der Waals surface area contributed by atoms with Crippen LogP contribution in [0.25, 0.3) is 22.5 Å². The molecule has 0 saturated carbocycles. The van der Waals surface area contributed by atoms with Gasteiger partial charge < -0.3 is 15.8 Å². The first kappa shape index (κ1) is 37.6. The van der Waals surface area contributed by atoms with Gasteiger partial charge in [-0.3, -0.25) is 9.69 Å². The fraction of sp³-hybridized carbons (Fsp3) is 0.191. The number of tetrazole rings is 1. The highest BCUT2D eigenvalue weighted by molar-refractivity contribution is 6.33. The van der Waals surface area contributed by atoms with E-state index >= 15 is 0 Å². The Kier molecular flexibility index (Phi) is 11.1. The predicted octanol–water partition coefficient (Wildman–Crippen LogP) is 8.73. The van der Waals surface area contributed by atoms with E-state index in [1.807, 2.05) is 30.3 Å². The number of likely N-dealkylation sites (tertiary alicyclic amines) is 1. The molecule has 1 amide bonds. The molecule has 1 fully saturated rings. The number of amides is 1. The summed E-state index contributed by atoms with van der Waals surface area (Å²) in [7, 11) is 1.52. The Bertz CT molecular complexity index is 2340. The summed E-state index contributed by atoms with van der Waals surface area (Å²) in [5, 5.41) is 18.1. The molecule has 3 N–H and O–H groups in total. The van der Waals surface area contributed by atoms with Crippen LogP contribution >= 0.6 is 11.6 Å². The molecular formula is C47H44ClN7O2. The van der Waals surface area contributed by atoms with Crippen molar-refractivity contribution in [3.05, 3.63) is 184 Å². The van der Waals surface area contributed by atoms with Crippen LogP contribution in [0.5, 0.6) is 5.75 Å². The van der Waals surface area contributed by atoms with Crippen molar-refractivity contribution in [2.75, 3.05) is 32.5 Å². The fourth-order valence-electron chi connectivity index (χ4n) is 7.92. The molecule has 0 unspecified atom stereocenters. The molecule has 2 heterocycles. The van der Waals surface area contributed by atoms with Crippen LogP contribution in [0, 0.1) is 5.92 Å². The number of halogens is 1. The van der Waals surface area contributed by atoms with E-state index in [4.69, 9.17) is 37.5 Å². The topological polar surface area (TPSA) is 111 Å². The van der Waals surface area contributed by atoms with Crippen LogP contribution < -0.4 is 15.8 Å². The zero-order valence-electron chi connectivity index (χ0n) is 31.8. The van der Waals surface area contributed by atoms with Crippen LogP contribution in [0.2, 0.25) is 5.02 Å². The Morgan fingerprint density at radius 3 is 1.93 bits per heavy atom. The third-order valence-corrected chi connectivity index (χ3v) is 11.3. The molecule has 1 aliphatic rings. The quantitative estimate of drug-likeness (QED) is 0.0944. The van der Waals surface area contributed by atoms with E-state index in [0.29, 0.717) is 40.3 Å². The van der Waals surface area contributed by atoms with E-state index in [-0.39, 0.29) is 5.91 Å². The standard InChI is InChI=1S/C47H44ClN7O2/c1-57-44-30-43(49)42(48)29-41(44)46(56)50-31-33-25-27-54(28-26-33)32-34-21-23-35(24-22-34)39-19-11-12-20-40(39)45-51-53-55(52-45)47(36-13-5-2-6-14-36,37-15-7-3-8-16-37)38-17-9-4-10-18-38/h2-24,29-30,33H,25-28,31-32,49H2,1H3,(H,50,56).